The minimum atomic E-state index is 0.884. The number of likely N-dealkylation sites (N-methyl/N-ethyl adjacent to an activating group) is 1. The zero-order valence-electron chi connectivity index (χ0n) is 13.0. The van der Waals surface area contributed by atoms with Gasteiger partial charge in [0.2, 0.25) is 0 Å². The van der Waals surface area contributed by atoms with Crippen LogP contribution in [-0.4, -0.2) is 18.5 Å². The highest BCUT2D eigenvalue weighted by molar-refractivity contribution is 5.31. The molecule has 0 atom stereocenters. The molecule has 0 bridgehead atoms. The third-order valence-electron chi connectivity index (χ3n) is 2.80. The molecule has 0 saturated carbocycles. The smallest absolute Gasteiger partial charge is 0.0425 e. The molecule has 0 aliphatic rings. The normalized spacial score (nSPS) is 10.6. The van der Waals surface area contributed by atoms with Crippen molar-refractivity contribution in [1.82, 2.24) is 4.90 Å². The summed E-state index contributed by atoms with van der Waals surface area (Å²) in [5.41, 5.74) is 5.16. The lowest BCUT2D eigenvalue weighted by Crippen LogP contribution is -2.20. The van der Waals surface area contributed by atoms with Gasteiger partial charge in [-0.25, -0.2) is 0 Å². The summed E-state index contributed by atoms with van der Waals surface area (Å²) < 4.78 is 0. The van der Waals surface area contributed by atoms with Crippen molar-refractivity contribution in [2.24, 2.45) is 0 Å². The minimum absolute atomic E-state index is 0.884. The quantitative estimate of drug-likeness (QED) is 0.578. The first-order valence-corrected chi connectivity index (χ1v) is 6.57. The van der Waals surface area contributed by atoms with Gasteiger partial charge in [0.15, 0.2) is 0 Å². The summed E-state index contributed by atoms with van der Waals surface area (Å²) in [6.07, 6.45) is 11.8. The first-order chi connectivity index (χ1) is 8.93. The summed E-state index contributed by atoms with van der Waals surface area (Å²) in [5.74, 6) is 0. The SMILES string of the molecule is C=C/C=C\C(CN(C)C(/C=C\C=C)=C(C)C)=C(C)C. The standard InChI is InChI=1S/C18H27N/c1-8-10-12-17(15(3)4)14-19(7)18(16(5)6)13-11-9-2/h8-13H,1-2,14H2,3-7H3/b12-10-,13-11-. The van der Waals surface area contributed by atoms with Crippen molar-refractivity contribution in [3.05, 3.63) is 72.0 Å². The van der Waals surface area contributed by atoms with E-state index in [4.69, 9.17) is 0 Å². The van der Waals surface area contributed by atoms with Crippen molar-refractivity contribution >= 4 is 0 Å². The van der Waals surface area contributed by atoms with Crippen LogP contribution in [0, 0.1) is 0 Å². The molecule has 0 saturated heterocycles. The topological polar surface area (TPSA) is 3.24 Å². The second kappa shape index (κ2) is 9.21. The van der Waals surface area contributed by atoms with Crippen molar-refractivity contribution in [2.75, 3.05) is 13.6 Å². The third kappa shape index (κ3) is 6.66. The molecule has 0 spiro atoms. The number of hydrogen-bond donors (Lipinski definition) is 0. The molecular formula is C18H27N. The Balaban J connectivity index is 5.14. The molecule has 0 amide bonds. The maximum absolute atomic E-state index is 3.72. The molecule has 0 fully saturated rings. The van der Waals surface area contributed by atoms with Gasteiger partial charge in [-0.2, -0.15) is 0 Å². The Morgan fingerprint density at radius 1 is 0.895 bits per heavy atom. The molecule has 0 heterocycles. The van der Waals surface area contributed by atoms with Gasteiger partial charge in [0.25, 0.3) is 0 Å². The van der Waals surface area contributed by atoms with Crippen molar-refractivity contribution in [3.8, 4) is 0 Å². The monoisotopic (exact) mass is 257 g/mol. The zero-order chi connectivity index (χ0) is 14.8. The first kappa shape index (κ1) is 17.2. The summed E-state index contributed by atoms with van der Waals surface area (Å²) in [6.45, 7) is 16.9. The summed E-state index contributed by atoms with van der Waals surface area (Å²) in [7, 11) is 2.11. The molecule has 0 aromatic rings. The Labute approximate surface area is 119 Å². The van der Waals surface area contributed by atoms with Gasteiger partial charge in [-0.1, -0.05) is 54.7 Å². The first-order valence-electron chi connectivity index (χ1n) is 6.57. The van der Waals surface area contributed by atoms with Gasteiger partial charge in [-0.3, -0.25) is 0 Å². The average molecular weight is 257 g/mol. The van der Waals surface area contributed by atoms with Crippen LogP contribution in [0.4, 0.5) is 0 Å². The molecule has 0 radical (unpaired) electrons. The lowest BCUT2D eigenvalue weighted by Gasteiger charge is -2.23. The summed E-state index contributed by atoms with van der Waals surface area (Å²) >= 11 is 0. The molecule has 0 aliphatic carbocycles. The van der Waals surface area contributed by atoms with Crippen LogP contribution in [0.3, 0.4) is 0 Å². The van der Waals surface area contributed by atoms with Crippen molar-refractivity contribution in [3.63, 3.8) is 0 Å². The van der Waals surface area contributed by atoms with Gasteiger partial charge in [0, 0.05) is 19.3 Å². The molecule has 19 heavy (non-hydrogen) atoms. The van der Waals surface area contributed by atoms with Crippen LogP contribution in [0.15, 0.2) is 72.0 Å². The van der Waals surface area contributed by atoms with E-state index in [2.05, 4.69) is 65.0 Å². The Hall–Kier alpha value is -1.76. The summed E-state index contributed by atoms with van der Waals surface area (Å²) in [5, 5.41) is 0. The molecule has 0 aliphatic heterocycles. The van der Waals surface area contributed by atoms with Gasteiger partial charge in [0.05, 0.1) is 0 Å². The van der Waals surface area contributed by atoms with Crippen molar-refractivity contribution in [2.45, 2.75) is 27.7 Å². The fourth-order valence-electron chi connectivity index (χ4n) is 1.74. The predicted octanol–water partition coefficient (Wildman–Crippen LogP) is 5.03. The van der Waals surface area contributed by atoms with Crippen LogP contribution in [0.5, 0.6) is 0 Å². The Bertz CT molecular complexity index is 423. The van der Waals surface area contributed by atoms with E-state index >= 15 is 0 Å². The highest BCUT2D eigenvalue weighted by atomic mass is 15.1. The molecular weight excluding hydrogens is 230 g/mol. The molecule has 104 valence electrons. The highest BCUT2D eigenvalue weighted by Crippen LogP contribution is 2.15. The van der Waals surface area contributed by atoms with Crippen LogP contribution in [-0.2, 0) is 0 Å². The van der Waals surface area contributed by atoms with Crippen LogP contribution >= 0.6 is 0 Å². The van der Waals surface area contributed by atoms with Crippen molar-refractivity contribution < 1.29 is 0 Å². The van der Waals surface area contributed by atoms with Crippen LogP contribution in [0.1, 0.15) is 27.7 Å². The van der Waals surface area contributed by atoms with E-state index in [0.29, 0.717) is 0 Å². The van der Waals surface area contributed by atoms with E-state index in [1.165, 1.54) is 22.4 Å². The molecule has 0 rings (SSSR count). The predicted molar refractivity (Wildman–Crippen MR) is 88.1 cm³/mol. The van der Waals surface area contributed by atoms with Crippen LogP contribution < -0.4 is 0 Å². The second-order valence-corrected chi connectivity index (χ2v) is 4.96. The molecule has 0 aromatic carbocycles. The van der Waals surface area contributed by atoms with Gasteiger partial charge in [-0.05, 0) is 39.3 Å². The third-order valence-corrected chi connectivity index (χ3v) is 2.80. The molecule has 0 aromatic heterocycles. The Morgan fingerprint density at radius 2 is 1.42 bits per heavy atom. The number of allylic oxidation sites excluding steroid dienone is 7. The molecule has 1 heteroatoms. The molecule has 1 nitrogen and oxygen atoms in total. The fourth-order valence-corrected chi connectivity index (χ4v) is 1.74. The van der Waals surface area contributed by atoms with E-state index in [1.54, 1.807) is 6.08 Å². The maximum atomic E-state index is 3.72. The zero-order valence-corrected chi connectivity index (χ0v) is 13.0. The van der Waals surface area contributed by atoms with Crippen molar-refractivity contribution in [1.29, 1.82) is 0 Å². The molecule has 0 unspecified atom stereocenters. The van der Waals surface area contributed by atoms with Gasteiger partial charge in [-0.15, -0.1) is 0 Å². The van der Waals surface area contributed by atoms with E-state index in [-0.39, 0.29) is 0 Å². The lowest BCUT2D eigenvalue weighted by molar-refractivity contribution is 0.465. The number of nitrogens with zero attached hydrogens (tertiary/aromatic N) is 1. The van der Waals surface area contributed by atoms with E-state index in [9.17, 15) is 0 Å². The Kier molecular flexibility index (Phi) is 8.35. The average Bonchev–Trinajstić information content (AvgIpc) is 2.34. The van der Waals surface area contributed by atoms with Crippen LogP contribution in [0.2, 0.25) is 0 Å². The van der Waals surface area contributed by atoms with Gasteiger partial charge in [0.1, 0.15) is 0 Å². The lowest BCUT2D eigenvalue weighted by atomic mass is 10.1. The summed E-state index contributed by atoms with van der Waals surface area (Å²) in [6, 6.07) is 0. The van der Waals surface area contributed by atoms with E-state index < -0.39 is 0 Å². The van der Waals surface area contributed by atoms with Gasteiger partial charge < -0.3 is 4.90 Å². The largest absolute Gasteiger partial charge is 0.370 e. The fraction of sp³-hybridized carbons (Fsp3) is 0.333. The molecule has 0 N–H and O–H groups in total. The number of rotatable bonds is 7. The van der Waals surface area contributed by atoms with E-state index in [0.717, 1.165) is 6.54 Å². The number of hydrogen-bond acceptors (Lipinski definition) is 1. The minimum Gasteiger partial charge on any atom is -0.370 e. The second-order valence-electron chi connectivity index (χ2n) is 4.96. The highest BCUT2D eigenvalue weighted by Gasteiger charge is 2.05. The Morgan fingerprint density at radius 3 is 1.84 bits per heavy atom. The van der Waals surface area contributed by atoms with Gasteiger partial charge >= 0.3 is 0 Å². The van der Waals surface area contributed by atoms with Crippen LogP contribution in [0.25, 0.3) is 0 Å². The van der Waals surface area contributed by atoms with E-state index in [1.807, 2.05) is 18.2 Å². The maximum Gasteiger partial charge on any atom is 0.0425 e. The summed E-state index contributed by atoms with van der Waals surface area (Å²) in [4.78, 5) is 2.26.